The minimum atomic E-state index is 0.271. The van der Waals surface area contributed by atoms with Crippen LogP contribution in [0.2, 0.25) is 0 Å². The monoisotopic (exact) mass is 219 g/mol. The lowest BCUT2D eigenvalue weighted by atomic mass is 9.44. The Hall–Kier alpha value is -0.0400. The van der Waals surface area contributed by atoms with Gasteiger partial charge < -0.3 is 5.73 Å². The molecular weight excluding hydrogens is 194 g/mol. The molecule has 0 aromatic rings. The molecule has 5 rings (SSSR count). The van der Waals surface area contributed by atoms with Crippen molar-refractivity contribution < 1.29 is 0 Å². The molecule has 90 valence electrons. The lowest BCUT2D eigenvalue weighted by Crippen LogP contribution is -2.61. The Morgan fingerprint density at radius 2 is 1.50 bits per heavy atom. The Labute approximate surface area is 99.2 Å². The normalized spacial score (nSPS) is 56.1. The first kappa shape index (κ1) is 9.94. The fourth-order valence-electron chi connectivity index (χ4n) is 6.42. The van der Waals surface area contributed by atoms with Gasteiger partial charge in [0.25, 0.3) is 0 Å². The molecule has 0 aromatic carbocycles. The van der Waals surface area contributed by atoms with Crippen molar-refractivity contribution in [1.29, 1.82) is 0 Å². The minimum absolute atomic E-state index is 0.271. The Morgan fingerprint density at radius 3 is 2.06 bits per heavy atom. The molecule has 5 aliphatic rings. The van der Waals surface area contributed by atoms with E-state index in [1.165, 1.54) is 51.4 Å². The van der Waals surface area contributed by atoms with Crippen molar-refractivity contribution in [3.63, 3.8) is 0 Å². The summed E-state index contributed by atoms with van der Waals surface area (Å²) in [5, 5.41) is 0. The summed E-state index contributed by atoms with van der Waals surface area (Å²) >= 11 is 0. The van der Waals surface area contributed by atoms with Gasteiger partial charge in [0, 0.05) is 5.54 Å². The largest absolute Gasteiger partial charge is 0.325 e. The number of nitrogens with two attached hydrogens (primary N) is 1. The second kappa shape index (κ2) is 3.04. The van der Waals surface area contributed by atoms with Crippen LogP contribution in [-0.2, 0) is 0 Å². The average molecular weight is 219 g/mol. The van der Waals surface area contributed by atoms with Gasteiger partial charge in [0.1, 0.15) is 0 Å². The van der Waals surface area contributed by atoms with Crippen LogP contribution in [0, 0.1) is 23.2 Å². The van der Waals surface area contributed by atoms with Gasteiger partial charge in [0.2, 0.25) is 0 Å². The van der Waals surface area contributed by atoms with Gasteiger partial charge in [-0.1, -0.05) is 12.8 Å². The van der Waals surface area contributed by atoms with Crippen molar-refractivity contribution in [2.45, 2.75) is 69.7 Å². The van der Waals surface area contributed by atoms with Crippen LogP contribution >= 0.6 is 0 Å². The van der Waals surface area contributed by atoms with Crippen LogP contribution < -0.4 is 5.73 Å². The highest BCUT2D eigenvalue weighted by atomic mass is 14.8. The minimum Gasteiger partial charge on any atom is -0.325 e. The van der Waals surface area contributed by atoms with Crippen LogP contribution in [0.15, 0.2) is 0 Å². The van der Waals surface area contributed by atoms with E-state index in [1.807, 2.05) is 0 Å². The van der Waals surface area contributed by atoms with Crippen LogP contribution in [0.3, 0.4) is 0 Å². The van der Waals surface area contributed by atoms with Gasteiger partial charge in [-0.25, -0.2) is 0 Å². The van der Waals surface area contributed by atoms with E-state index in [1.54, 1.807) is 12.8 Å². The summed E-state index contributed by atoms with van der Waals surface area (Å²) in [5.74, 6) is 3.07. The molecule has 2 unspecified atom stereocenters. The van der Waals surface area contributed by atoms with Gasteiger partial charge in [0.05, 0.1) is 0 Å². The zero-order valence-corrected chi connectivity index (χ0v) is 10.4. The third-order valence-corrected chi connectivity index (χ3v) is 6.37. The van der Waals surface area contributed by atoms with Crippen molar-refractivity contribution in [3.8, 4) is 0 Å². The Morgan fingerprint density at radius 1 is 0.875 bits per heavy atom. The molecule has 0 amide bonds. The second-order valence-corrected chi connectivity index (χ2v) is 7.67. The molecule has 5 saturated carbocycles. The average Bonchev–Trinajstić information content (AvgIpc) is 2.65. The number of hydrogen-bond donors (Lipinski definition) is 1. The van der Waals surface area contributed by atoms with Gasteiger partial charge in [0.15, 0.2) is 0 Å². The standard InChI is InChI=1S/C15H25N/c16-15-8-11-5-12(9-15)7-14(6-11,10-15)13-3-1-2-4-13/h11-13H,1-10,16H2/t11-,12+,14?,15?. The molecule has 5 fully saturated rings. The van der Waals surface area contributed by atoms with Gasteiger partial charge >= 0.3 is 0 Å². The highest BCUT2D eigenvalue weighted by Crippen LogP contribution is 2.65. The zero-order chi connectivity index (χ0) is 10.8. The summed E-state index contributed by atoms with van der Waals surface area (Å²) < 4.78 is 0. The van der Waals surface area contributed by atoms with Gasteiger partial charge in [-0.2, -0.15) is 0 Å². The highest BCUT2D eigenvalue weighted by Gasteiger charge is 2.58. The van der Waals surface area contributed by atoms with Crippen molar-refractivity contribution in [2.24, 2.45) is 28.9 Å². The van der Waals surface area contributed by atoms with Crippen molar-refractivity contribution in [3.05, 3.63) is 0 Å². The van der Waals surface area contributed by atoms with E-state index in [-0.39, 0.29) is 5.54 Å². The first-order valence-corrected chi connectivity index (χ1v) is 7.46. The highest BCUT2D eigenvalue weighted by molar-refractivity contribution is 5.12. The van der Waals surface area contributed by atoms with Crippen LogP contribution in [0.4, 0.5) is 0 Å². The molecule has 16 heavy (non-hydrogen) atoms. The van der Waals surface area contributed by atoms with Crippen molar-refractivity contribution >= 4 is 0 Å². The summed E-state index contributed by atoms with van der Waals surface area (Å²) in [6.45, 7) is 0. The Kier molecular flexibility index (Phi) is 1.89. The third kappa shape index (κ3) is 1.27. The molecule has 0 spiro atoms. The van der Waals surface area contributed by atoms with Crippen LogP contribution in [0.25, 0.3) is 0 Å². The Bertz CT molecular complexity index is 289. The van der Waals surface area contributed by atoms with Gasteiger partial charge in [-0.3, -0.25) is 0 Å². The third-order valence-electron chi connectivity index (χ3n) is 6.37. The maximum atomic E-state index is 6.67. The molecule has 1 heteroatoms. The van der Waals surface area contributed by atoms with Crippen molar-refractivity contribution in [1.82, 2.24) is 0 Å². The van der Waals surface area contributed by atoms with Crippen LogP contribution in [0.5, 0.6) is 0 Å². The summed E-state index contributed by atoms with van der Waals surface area (Å²) in [5.41, 5.74) is 7.66. The molecule has 0 aromatic heterocycles. The van der Waals surface area contributed by atoms with Crippen LogP contribution in [0.1, 0.15) is 64.2 Å². The second-order valence-electron chi connectivity index (χ2n) is 7.67. The van der Waals surface area contributed by atoms with E-state index in [0.717, 1.165) is 23.2 Å². The quantitative estimate of drug-likeness (QED) is 0.718. The predicted molar refractivity (Wildman–Crippen MR) is 66.0 cm³/mol. The molecule has 4 atom stereocenters. The fourth-order valence-corrected chi connectivity index (χ4v) is 6.42. The number of hydrogen-bond acceptors (Lipinski definition) is 1. The smallest absolute Gasteiger partial charge is 0.0165 e. The first-order valence-electron chi connectivity index (χ1n) is 7.46. The SMILES string of the molecule is NC12C[C@H]3C[C@@H](C1)CC(C1CCCC1)(C3)C2. The lowest BCUT2D eigenvalue weighted by Gasteiger charge is -2.63. The molecule has 0 aliphatic heterocycles. The zero-order valence-electron chi connectivity index (χ0n) is 10.4. The van der Waals surface area contributed by atoms with E-state index < -0.39 is 0 Å². The summed E-state index contributed by atoms with van der Waals surface area (Å²) in [6.07, 6.45) is 14.8. The van der Waals surface area contributed by atoms with Gasteiger partial charge in [-0.05, 0) is 74.5 Å². The van der Waals surface area contributed by atoms with E-state index in [4.69, 9.17) is 5.73 Å². The summed E-state index contributed by atoms with van der Waals surface area (Å²) in [4.78, 5) is 0. The molecule has 4 bridgehead atoms. The van der Waals surface area contributed by atoms with Crippen LogP contribution in [-0.4, -0.2) is 5.54 Å². The predicted octanol–water partition coefficient (Wildman–Crippen LogP) is 3.47. The van der Waals surface area contributed by atoms with Gasteiger partial charge in [-0.15, -0.1) is 0 Å². The first-order chi connectivity index (χ1) is 7.68. The van der Waals surface area contributed by atoms with Crippen molar-refractivity contribution in [2.75, 3.05) is 0 Å². The fraction of sp³-hybridized carbons (Fsp3) is 1.00. The maximum Gasteiger partial charge on any atom is 0.0165 e. The maximum absolute atomic E-state index is 6.67. The lowest BCUT2D eigenvalue weighted by molar-refractivity contribution is -0.0975. The molecule has 0 heterocycles. The Balaban J connectivity index is 1.68. The molecular formula is C15H25N. The van der Waals surface area contributed by atoms with E-state index in [0.29, 0.717) is 0 Å². The number of rotatable bonds is 1. The molecule has 0 saturated heterocycles. The molecule has 5 aliphatic carbocycles. The topological polar surface area (TPSA) is 26.0 Å². The molecule has 1 nitrogen and oxygen atoms in total. The summed E-state index contributed by atoms with van der Waals surface area (Å²) in [6, 6.07) is 0. The molecule has 0 radical (unpaired) electrons. The van der Waals surface area contributed by atoms with E-state index >= 15 is 0 Å². The van der Waals surface area contributed by atoms with E-state index in [9.17, 15) is 0 Å². The molecule has 2 N–H and O–H groups in total. The summed E-state index contributed by atoms with van der Waals surface area (Å²) in [7, 11) is 0. The van der Waals surface area contributed by atoms with E-state index in [2.05, 4.69) is 0 Å².